The van der Waals surface area contributed by atoms with Crippen molar-refractivity contribution in [2.45, 2.75) is 39.8 Å². The van der Waals surface area contributed by atoms with Gasteiger partial charge in [-0.1, -0.05) is 42.5 Å². The third-order valence-corrected chi connectivity index (χ3v) is 3.13. The third-order valence-electron chi connectivity index (χ3n) is 3.13. The minimum Gasteiger partial charge on any atom is -0.357 e. The molecule has 0 atom stereocenters. The molecule has 0 spiro atoms. The van der Waals surface area contributed by atoms with Gasteiger partial charge in [-0.25, -0.2) is 4.99 Å². The van der Waals surface area contributed by atoms with Gasteiger partial charge in [0.1, 0.15) is 0 Å². The van der Waals surface area contributed by atoms with Gasteiger partial charge >= 0.3 is 0 Å². The predicted octanol–water partition coefficient (Wildman–Crippen LogP) is 3.69. The molecule has 0 heterocycles. The molecule has 112 valence electrons. The average Bonchev–Trinajstić information content (AvgIpc) is 2.43. The largest absolute Gasteiger partial charge is 0.357 e. The molecule has 0 saturated carbocycles. The molecule has 2 aromatic rings. The van der Waals surface area contributed by atoms with Gasteiger partial charge in [0.25, 0.3) is 0 Å². The SMILES string of the molecule is CCNC(=NCc1cccc2ccccc12)NC(C)(C)C. The smallest absolute Gasteiger partial charge is 0.191 e. The Labute approximate surface area is 127 Å². The minimum absolute atomic E-state index is 0.000239. The van der Waals surface area contributed by atoms with Crippen LogP contribution in [0.2, 0.25) is 0 Å². The van der Waals surface area contributed by atoms with Gasteiger partial charge in [0.15, 0.2) is 5.96 Å². The summed E-state index contributed by atoms with van der Waals surface area (Å²) in [6.07, 6.45) is 0. The van der Waals surface area contributed by atoms with Gasteiger partial charge in [-0.05, 0) is 44.0 Å². The highest BCUT2D eigenvalue weighted by Gasteiger charge is 2.11. The van der Waals surface area contributed by atoms with E-state index in [1.807, 2.05) is 0 Å². The molecule has 2 aromatic carbocycles. The number of hydrogen-bond acceptors (Lipinski definition) is 1. The number of aliphatic imine (C=N–C) groups is 1. The van der Waals surface area contributed by atoms with Gasteiger partial charge in [0.2, 0.25) is 0 Å². The van der Waals surface area contributed by atoms with Crippen molar-refractivity contribution < 1.29 is 0 Å². The van der Waals surface area contributed by atoms with Gasteiger partial charge in [0, 0.05) is 12.1 Å². The van der Waals surface area contributed by atoms with Crippen molar-refractivity contribution in [2.75, 3.05) is 6.54 Å². The molecule has 2 rings (SSSR count). The van der Waals surface area contributed by atoms with Crippen molar-refractivity contribution in [3.63, 3.8) is 0 Å². The molecule has 2 N–H and O–H groups in total. The van der Waals surface area contributed by atoms with Gasteiger partial charge in [0.05, 0.1) is 6.54 Å². The molecule has 21 heavy (non-hydrogen) atoms. The van der Waals surface area contributed by atoms with Crippen LogP contribution in [0.15, 0.2) is 47.5 Å². The van der Waals surface area contributed by atoms with Crippen molar-refractivity contribution in [1.29, 1.82) is 0 Å². The summed E-state index contributed by atoms with van der Waals surface area (Å²) < 4.78 is 0. The monoisotopic (exact) mass is 283 g/mol. The van der Waals surface area contributed by atoms with Gasteiger partial charge in [-0.3, -0.25) is 0 Å². The Kier molecular flexibility index (Phi) is 4.84. The molecule has 0 unspecified atom stereocenters. The van der Waals surface area contributed by atoms with E-state index >= 15 is 0 Å². The Balaban J connectivity index is 2.23. The summed E-state index contributed by atoms with van der Waals surface area (Å²) >= 11 is 0. The zero-order chi connectivity index (χ0) is 15.3. The van der Waals surface area contributed by atoms with Crippen LogP contribution in [0, 0.1) is 0 Å². The zero-order valence-electron chi connectivity index (χ0n) is 13.4. The summed E-state index contributed by atoms with van der Waals surface area (Å²) in [4.78, 5) is 4.71. The second kappa shape index (κ2) is 6.61. The van der Waals surface area contributed by atoms with Crippen LogP contribution in [0.1, 0.15) is 33.3 Å². The number of rotatable bonds is 3. The van der Waals surface area contributed by atoms with E-state index in [1.165, 1.54) is 16.3 Å². The van der Waals surface area contributed by atoms with Crippen LogP contribution < -0.4 is 10.6 Å². The average molecular weight is 283 g/mol. The summed E-state index contributed by atoms with van der Waals surface area (Å²) in [6, 6.07) is 14.8. The molecule has 0 bridgehead atoms. The summed E-state index contributed by atoms with van der Waals surface area (Å²) in [7, 11) is 0. The first kappa shape index (κ1) is 15.4. The summed E-state index contributed by atoms with van der Waals surface area (Å²) in [6.45, 7) is 10.0. The summed E-state index contributed by atoms with van der Waals surface area (Å²) in [5.74, 6) is 0.859. The number of nitrogens with one attached hydrogen (secondary N) is 2. The lowest BCUT2D eigenvalue weighted by molar-refractivity contribution is 0.501. The lowest BCUT2D eigenvalue weighted by Crippen LogP contribution is -2.47. The van der Waals surface area contributed by atoms with Gasteiger partial charge in [-0.2, -0.15) is 0 Å². The lowest BCUT2D eigenvalue weighted by atomic mass is 10.0. The highest BCUT2D eigenvalue weighted by Crippen LogP contribution is 2.19. The fourth-order valence-electron chi connectivity index (χ4n) is 2.26. The molecule has 0 saturated heterocycles. The molecule has 3 nitrogen and oxygen atoms in total. The Morgan fingerprint density at radius 3 is 2.48 bits per heavy atom. The molecule has 0 fully saturated rings. The van der Waals surface area contributed by atoms with Crippen molar-refractivity contribution in [1.82, 2.24) is 10.6 Å². The minimum atomic E-state index is -0.000239. The molecule has 0 aromatic heterocycles. The van der Waals surface area contributed by atoms with Crippen LogP contribution in [0.25, 0.3) is 10.8 Å². The maximum atomic E-state index is 4.71. The predicted molar refractivity (Wildman–Crippen MR) is 91.7 cm³/mol. The van der Waals surface area contributed by atoms with Crippen molar-refractivity contribution in [2.24, 2.45) is 4.99 Å². The number of guanidine groups is 1. The quantitative estimate of drug-likeness (QED) is 0.666. The first-order valence-electron chi connectivity index (χ1n) is 7.53. The molecule has 3 heteroatoms. The molecular weight excluding hydrogens is 258 g/mol. The van der Waals surface area contributed by atoms with Crippen LogP contribution in [-0.4, -0.2) is 18.0 Å². The fraction of sp³-hybridized carbons (Fsp3) is 0.389. The Morgan fingerprint density at radius 1 is 1.05 bits per heavy atom. The second-order valence-electron chi connectivity index (χ2n) is 6.21. The van der Waals surface area contributed by atoms with Crippen molar-refractivity contribution >= 4 is 16.7 Å². The van der Waals surface area contributed by atoms with E-state index in [1.54, 1.807) is 0 Å². The van der Waals surface area contributed by atoms with Gasteiger partial charge in [-0.15, -0.1) is 0 Å². The van der Waals surface area contributed by atoms with Crippen molar-refractivity contribution in [3.05, 3.63) is 48.0 Å². The number of hydrogen-bond donors (Lipinski definition) is 2. The standard InChI is InChI=1S/C18H25N3/c1-5-19-17(21-18(2,3)4)20-13-15-11-8-10-14-9-6-7-12-16(14)15/h6-12H,5,13H2,1-4H3,(H2,19,20,21). The number of benzene rings is 2. The van der Waals surface area contributed by atoms with E-state index in [0.717, 1.165) is 12.5 Å². The molecule has 0 aliphatic heterocycles. The summed E-state index contributed by atoms with van der Waals surface area (Å²) in [5, 5.41) is 9.25. The second-order valence-corrected chi connectivity index (χ2v) is 6.21. The Bertz CT molecular complexity index is 618. The first-order valence-corrected chi connectivity index (χ1v) is 7.53. The lowest BCUT2D eigenvalue weighted by Gasteiger charge is -2.23. The zero-order valence-corrected chi connectivity index (χ0v) is 13.4. The highest BCUT2D eigenvalue weighted by molar-refractivity contribution is 5.86. The van der Waals surface area contributed by atoms with Crippen LogP contribution in [0.3, 0.4) is 0 Å². The van der Waals surface area contributed by atoms with Crippen molar-refractivity contribution in [3.8, 4) is 0 Å². The van der Waals surface area contributed by atoms with E-state index in [0.29, 0.717) is 6.54 Å². The Morgan fingerprint density at radius 2 is 1.76 bits per heavy atom. The van der Waals surface area contributed by atoms with E-state index in [2.05, 4.69) is 80.8 Å². The molecule has 0 aliphatic rings. The maximum absolute atomic E-state index is 4.71. The topological polar surface area (TPSA) is 36.4 Å². The normalized spacial score (nSPS) is 12.5. The van der Waals surface area contributed by atoms with Crippen LogP contribution in [0.5, 0.6) is 0 Å². The van der Waals surface area contributed by atoms with E-state index in [9.17, 15) is 0 Å². The van der Waals surface area contributed by atoms with E-state index in [-0.39, 0.29) is 5.54 Å². The molecular formula is C18H25N3. The van der Waals surface area contributed by atoms with Crippen LogP contribution in [0.4, 0.5) is 0 Å². The third kappa shape index (κ3) is 4.48. The molecule has 0 amide bonds. The summed E-state index contributed by atoms with van der Waals surface area (Å²) in [5.41, 5.74) is 1.25. The Hall–Kier alpha value is -2.03. The maximum Gasteiger partial charge on any atom is 0.191 e. The van der Waals surface area contributed by atoms with Crippen LogP contribution in [-0.2, 0) is 6.54 Å². The highest BCUT2D eigenvalue weighted by atomic mass is 15.2. The fourth-order valence-corrected chi connectivity index (χ4v) is 2.26. The molecule has 0 radical (unpaired) electrons. The molecule has 0 aliphatic carbocycles. The van der Waals surface area contributed by atoms with Crippen LogP contribution >= 0.6 is 0 Å². The van der Waals surface area contributed by atoms with E-state index < -0.39 is 0 Å². The number of fused-ring (bicyclic) bond motifs is 1. The number of nitrogens with zero attached hydrogens (tertiary/aromatic N) is 1. The van der Waals surface area contributed by atoms with Gasteiger partial charge < -0.3 is 10.6 Å². The first-order chi connectivity index (χ1) is 9.99. The van der Waals surface area contributed by atoms with E-state index in [4.69, 9.17) is 4.99 Å².